The van der Waals surface area contributed by atoms with Gasteiger partial charge in [0, 0.05) is 18.2 Å². The highest BCUT2D eigenvalue weighted by atomic mass is 16.7. The first-order valence-corrected chi connectivity index (χ1v) is 14.5. The maximum atomic E-state index is 12.9. The summed E-state index contributed by atoms with van der Waals surface area (Å²) in [6.45, 7) is 0.264. The predicted molar refractivity (Wildman–Crippen MR) is 158 cm³/mol. The van der Waals surface area contributed by atoms with E-state index in [9.17, 15) is 10.1 Å². The van der Waals surface area contributed by atoms with Gasteiger partial charge in [0.1, 0.15) is 12.6 Å². The van der Waals surface area contributed by atoms with E-state index in [1.165, 1.54) is 6.08 Å². The molecule has 0 amide bonds. The number of likely N-dealkylation sites (N-methyl/N-ethyl adjacent to an activating group) is 1. The summed E-state index contributed by atoms with van der Waals surface area (Å²) >= 11 is 0. The number of hydrogen-bond donors (Lipinski definition) is 0. The van der Waals surface area contributed by atoms with E-state index in [-0.39, 0.29) is 37.6 Å². The molecule has 43 heavy (non-hydrogen) atoms. The molecular formula is C34H33N3O6. The van der Waals surface area contributed by atoms with Gasteiger partial charge in [0.05, 0.1) is 32.4 Å². The fourth-order valence-corrected chi connectivity index (χ4v) is 7.35. The Morgan fingerprint density at radius 1 is 0.977 bits per heavy atom. The van der Waals surface area contributed by atoms with E-state index < -0.39 is 12.0 Å². The minimum absolute atomic E-state index is 0.0205. The molecule has 3 aromatic carbocycles. The Morgan fingerprint density at radius 2 is 1.67 bits per heavy atom. The van der Waals surface area contributed by atoms with E-state index in [0.717, 1.165) is 27.8 Å². The van der Waals surface area contributed by atoms with E-state index in [4.69, 9.17) is 23.7 Å². The van der Waals surface area contributed by atoms with Crippen LogP contribution in [0, 0.1) is 11.3 Å². The van der Waals surface area contributed by atoms with Crippen molar-refractivity contribution in [3.05, 3.63) is 88.5 Å². The van der Waals surface area contributed by atoms with Crippen molar-refractivity contribution in [3.63, 3.8) is 0 Å². The number of hydrogen-bond acceptors (Lipinski definition) is 9. The summed E-state index contributed by atoms with van der Waals surface area (Å²) in [5.74, 6) is 2.31. The molecule has 5 unspecified atom stereocenters. The molecule has 2 bridgehead atoms. The number of benzene rings is 3. The van der Waals surface area contributed by atoms with Gasteiger partial charge in [-0.05, 0) is 78.0 Å². The third-order valence-corrected chi connectivity index (χ3v) is 9.30. The van der Waals surface area contributed by atoms with Gasteiger partial charge >= 0.3 is 5.97 Å². The standard InChI is InChI=1S/C34H33N3O6/c1-36-25-11-22-13-29(39-2)30(40-3)16-24(22)34(36)26-12-21-14-31-32(43-19-42-31)15-23(21)28(37(26)27(25)17-35)18-41-33(38)10-9-20-7-5-4-6-8-20/h4-10,13-16,25-28,34H,11-12,18-19H2,1-3H3. The van der Waals surface area contributed by atoms with Crippen molar-refractivity contribution in [2.75, 3.05) is 34.7 Å². The summed E-state index contributed by atoms with van der Waals surface area (Å²) in [5.41, 5.74) is 5.33. The average molecular weight is 580 g/mol. The summed E-state index contributed by atoms with van der Waals surface area (Å²) in [6.07, 6.45) is 4.57. The highest BCUT2D eigenvalue weighted by Gasteiger charge is 2.54. The molecule has 0 aromatic heterocycles. The van der Waals surface area contributed by atoms with E-state index >= 15 is 0 Å². The molecule has 5 atom stereocenters. The Labute approximate surface area is 250 Å². The zero-order valence-electron chi connectivity index (χ0n) is 24.4. The maximum Gasteiger partial charge on any atom is 0.330 e. The van der Waals surface area contributed by atoms with Gasteiger partial charge in [-0.3, -0.25) is 9.80 Å². The summed E-state index contributed by atoms with van der Waals surface area (Å²) in [5, 5.41) is 10.7. The van der Waals surface area contributed by atoms with Crippen LogP contribution in [0.15, 0.2) is 60.7 Å². The van der Waals surface area contributed by atoms with Gasteiger partial charge in [0.25, 0.3) is 0 Å². The molecule has 3 aromatic rings. The van der Waals surface area contributed by atoms with Crippen LogP contribution in [0.5, 0.6) is 23.0 Å². The van der Waals surface area contributed by atoms with E-state index in [0.29, 0.717) is 35.8 Å². The van der Waals surface area contributed by atoms with Crippen molar-refractivity contribution in [2.45, 2.75) is 43.1 Å². The number of rotatable bonds is 6. The Hall–Kier alpha value is -4.52. The first kappa shape index (κ1) is 27.3. The van der Waals surface area contributed by atoms with E-state index in [2.05, 4.69) is 35.0 Å². The van der Waals surface area contributed by atoms with E-state index in [1.807, 2.05) is 42.5 Å². The van der Waals surface area contributed by atoms with Crippen LogP contribution in [0.1, 0.15) is 39.9 Å². The molecule has 0 saturated carbocycles. The zero-order valence-corrected chi connectivity index (χ0v) is 24.4. The van der Waals surface area contributed by atoms with Crippen LogP contribution in [-0.4, -0.2) is 68.6 Å². The molecule has 0 aliphatic carbocycles. The average Bonchev–Trinajstić information content (AvgIpc) is 3.49. The lowest BCUT2D eigenvalue weighted by Crippen LogP contribution is -2.68. The number of carbonyl (C=O) groups excluding carboxylic acids is 1. The van der Waals surface area contributed by atoms with Crippen molar-refractivity contribution in [1.82, 2.24) is 9.80 Å². The Morgan fingerprint density at radius 3 is 2.42 bits per heavy atom. The first-order chi connectivity index (χ1) is 21.0. The smallest absolute Gasteiger partial charge is 0.330 e. The quantitative estimate of drug-likeness (QED) is 0.310. The van der Waals surface area contributed by atoms with Gasteiger partial charge in [-0.2, -0.15) is 5.26 Å². The molecule has 1 saturated heterocycles. The van der Waals surface area contributed by atoms with Gasteiger partial charge in [0.2, 0.25) is 6.79 Å². The van der Waals surface area contributed by atoms with Crippen LogP contribution in [0.25, 0.3) is 6.08 Å². The topological polar surface area (TPSA) is 93.5 Å². The molecule has 1 fully saturated rings. The molecule has 7 rings (SSSR count). The highest BCUT2D eigenvalue weighted by Crippen LogP contribution is 2.52. The first-order valence-electron chi connectivity index (χ1n) is 14.5. The lowest BCUT2D eigenvalue weighted by Gasteiger charge is -2.59. The molecule has 9 heteroatoms. The number of methoxy groups -OCH3 is 2. The predicted octanol–water partition coefficient (Wildman–Crippen LogP) is 4.46. The number of nitriles is 1. The fourth-order valence-electron chi connectivity index (χ4n) is 7.35. The summed E-state index contributed by atoms with van der Waals surface area (Å²) in [7, 11) is 5.40. The van der Waals surface area contributed by atoms with Gasteiger partial charge in [-0.25, -0.2) is 4.79 Å². The van der Waals surface area contributed by atoms with Crippen molar-refractivity contribution in [2.24, 2.45) is 0 Å². The van der Waals surface area contributed by atoms with Crippen LogP contribution >= 0.6 is 0 Å². The number of carbonyl (C=O) groups is 1. The molecule has 9 nitrogen and oxygen atoms in total. The van der Waals surface area contributed by atoms with E-state index in [1.54, 1.807) is 20.3 Å². The third kappa shape index (κ3) is 4.58. The summed E-state index contributed by atoms with van der Waals surface area (Å²) in [6, 6.07) is 19.5. The highest BCUT2D eigenvalue weighted by molar-refractivity contribution is 5.87. The molecule has 0 N–H and O–H groups in total. The van der Waals surface area contributed by atoms with Crippen molar-refractivity contribution in [3.8, 4) is 29.1 Å². The van der Waals surface area contributed by atoms with Gasteiger partial charge in [0.15, 0.2) is 23.0 Å². The van der Waals surface area contributed by atoms with Gasteiger partial charge < -0.3 is 23.7 Å². The summed E-state index contributed by atoms with van der Waals surface area (Å²) < 4.78 is 28.7. The number of fused-ring (bicyclic) bond motifs is 8. The largest absolute Gasteiger partial charge is 0.493 e. The van der Waals surface area contributed by atoms with Crippen LogP contribution < -0.4 is 18.9 Å². The number of piperazine rings is 1. The van der Waals surface area contributed by atoms with Gasteiger partial charge in [-0.1, -0.05) is 30.3 Å². The van der Waals surface area contributed by atoms with Crippen LogP contribution in [-0.2, 0) is 22.4 Å². The summed E-state index contributed by atoms with van der Waals surface area (Å²) in [4.78, 5) is 17.6. The van der Waals surface area contributed by atoms with Crippen LogP contribution in [0.3, 0.4) is 0 Å². The molecule has 220 valence electrons. The van der Waals surface area contributed by atoms with Crippen LogP contribution in [0.4, 0.5) is 0 Å². The number of esters is 1. The monoisotopic (exact) mass is 579 g/mol. The molecule has 4 aliphatic rings. The second-order valence-corrected chi connectivity index (χ2v) is 11.4. The SMILES string of the molecule is COc1cc2c(cc1OC)C1C3Cc4cc5c(cc4C(COC(=O)C=Cc4ccccc4)N3C(C#N)C(C2)N1C)OCO5. The molecule has 0 radical (unpaired) electrons. The third-order valence-electron chi connectivity index (χ3n) is 9.30. The van der Waals surface area contributed by atoms with Crippen molar-refractivity contribution in [1.29, 1.82) is 5.26 Å². The Bertz CT molecular complexity index is 1630. The second kappa shape index (κ2) is 11.0. The zero-order chi connectivity index (χ0) is 29.7. The Balaban J connectivity index is 1.29. The molecular weight excluding hydrogens is 546 g/mol. The fraction of sp³-hybridized carbons (Fsp3) is 0.353. The van der Waals surface area contributed by atoms with Crippen molar-refractivity contribution >= 4 is 12.0 Å². The molecule has 4 heterocycles. The minimum atomic E-state index is -0.436. The molecule has 0 spiro atoms. The van der Waals surface area contributed by atoms with Crippen LogP contribution in [0.2, 0.25) is 0 Å². The maximum absolute atomic E-state index is 12.9. The normalized spacial score (nSPS) is 25.3. The van der Waals surface area contributed by atoms with Crippen molar-refractivity contribution < 1.29 is 28.5 Å². The minimum Gasteiger partial charge on any atom is -0.493 e. The lowest BCUT2D eigenvalue weighted by atomic mass is 9.72. The number of ether oxygens (including phenoxy) is 5. The van der Waals surface area contributed by atoms with Gasteiger partial charge in [-0.15, -0.1) is 0 Å². The Kier molecular flexibility index (Phi) is 6.96. The lowest BCUT2D eigenvalue weighted by molar-refractivity contribution is -0.143. The number of nitrogens with zero attached hydrogens (tertiary/aromatic N) is 3. The second-order valence-electron chi connectivity index (χ2n) is 11.4. The molecule has 4 aliphatic heterocycles.